The molecule has 0 aromatic heterocycles. The van der Waals surface area contributed by atoms with Gasteiger partial charge in [0.1, 0.15) is 0 Å². The highest BCUT2D eigenvalue weighted by Gasteiger charge is 2.19. The molecule has 0 aliphatic heterocycles. The largest absolute Gasteiger partial charge is 0.399 e. The molecule has 0 unspecified atom stereocenters. The first kappa shape index (κ1) is 14.3. The van der Waals surface area contributed by atoms with Crippen LogP contribution in [0.2, 0.25) is 0 Å². The number of nitrogens with two attached hydrogens (primary N) is 1. The van der Waals surface area contributed by atoms with E-state index in [9.17, 15) is 17.2 Å². The minimum atomic E-state index is -4.01. The first-order valence-corrected chi connectivity index (χ1v) is 7.12. The molecule has 0 saturated carbocycles. The van der Waals surface area contributed by atoms with Gasteiger partial charge < -0.3 is 5.73 Å². The molecule has 0 heterocycles. The molecule has 0 bridgehead atoms. The third-order valence-electron chi connectivity index (χ3n) is 2.68. The second-order valence-corrected chi connectivity index (χ2v) is 5.88. The Morgan fingerprint density at radius 3 is 2.50 bits per heavy atom. The van der Waals surface area contributed by atoms with Crippen LogP contribution in [-0.4, -0.2) is 8.42 Å². The summed E-state index contributed by atoms with van der Waals surface area (Å²) in [5.41, 5.74) is 5.93. The fourth-order valence-electron chi connectivity index (χ4n) is 1.76. The van der Waals surface area contributed by atoms with E-state index in [1.807, 2.05) is 4.72 Å². The number of nitrogen functional groups attached to an aromatic ring is 1. The Bertz CT molecular complexity index is 761. The summed E-state index contributed by atoms with van der Waals surface area (Å²) < 4.78 is 52.9. The Hall–Kier alpha value is -2.15. The molecule has 106 valence electrons. The number of nitrogens with one attached hydrogen (secondary N) is 1. The van der Waals surface area contributed by atoms with Crippen molar-refractivity contribution in [2.45, 2.75) is 11.8 Å². The van der Waals surface area contributed by atoms with Crippen molar-refractivity contribution < 1.29 is 17.2 Å². The molecule has 0 atom stereocenters. The van der Waals surface area contributed by atoms with E-state index in [4.69, 9.17) is 5.73 Å². The van der Waals surface area contributed by atoms with Crippen LogP contribution in [0.4, 0.5) is 20.2 Å². The highest BCUT2D eigenvalue weighted by Crippen LogP contribution is 2.23. The lowest BCUT2D eigenvalue weighted by molar-refractivity contribution is 0.511. The number of rotatable bonds is 3. The Morgan fingerprint density at radius 2 is 1.85 bits per heavy atom. The van der Waals surface area contributed by atoms with Crippen LogP contribution >= 0.6 is 0 Å². The summed E-state index contributed by atoms with van der Waals surface area (Å²) in [6.45, 7) is 1.56. The molecule has 2 rings (SSSR count). The van der Waals surface area contributed by atoms with Crippen LogP contribution in [0.3, 0.4) is 0 Å². The summed E-state index contributed by atoms with van der Waals surface area (Å²) in [4.78, 5) is -0.0460. The Kier molecular flexibility index (Phi) is 3.63. The maximum Gasteiger partial charge on any atom is 0.262 e. The van der Waals surface area contributed by atoms with Gasteiger partial charge in [0.15, 0.2) is 11.6 Å². The lowest BCUT2D eigenvalue weighted by atomic mass is 10.2. The molecular weight excluding hydrogens is 286 g/mol. The monoisotopic (exact) mass is 298 g/mol. The molecule has 4 nitrogen and oxygen atoms in total. The standard InChI is InChI=1S/C13H12F2N2O2S/c1-8-7-9(16)5-6-12(8)20(18,19)17-11-4-2-3-10(14)13(11)15/h2-7,17H,16H2,1H3. The Balaban J connectivity index is 2.44. The minimum Gasteiger partial charge on any atom is -0.399 e. The molecule has 0 spiro atoms. The van der Waals surface area contributed by atoms with Gasteiger partial charge in [0.05, 0.1) is 10.6 Å². The average Bonchev–Trinajstić information content (AvgIpc) is 2.34. The zero-order valence-corrected chi connectivity index (χ0v) is 11.3. The lowest BCUT2D eigenvalue weighted by Crippen LogP contribution is -2.15. The molecule has 0 aliphatic rings. The molecule has 3 N–H and O–H groups in total. The highest BCUT2D eigenvalue weighted by atomic mass is 32.2. The fourth-order valence-corrected chi connectivity index (χ4v) is 3.04. The predicted octanol–water partition coefficient (Wildman–Crippen LogP) is 2.66. The van der Waals surface area contributed by atoms with Crippen LogP contribution < -0.4 is 10.5 Å². The Labute approximate surface area is 115 Å². The molecule has 20 heavy (non-hydrogen) atoms. The van der Waals surface area contributed by atoms with Gasteiger partial charge in [0, 0.05) is 5.69 Å². The second kappa shape index (κ2) is 5.09. The van der Waals surface area contributed by atoms with E-state index in [1.165, 1.54) is 24.3 Å². The number of anilines is 2. The van der Waals surface area contributed by atoms with Gasteiger partial charge in [-0.2, -0.15) is 0 Å². The van der Waals surface area contributed by atoms with E-state index >= 15 is 0 Å². The third-order valence-corrected chi connectivity index (χ3v) is 4.21. The number of hydrogen-bond acceptors (Lipinski definition) is 3. The molecule has 0 radical (unpaired) electrons. The maximum absolute atomic E-state index is 13.5. The molecule has 7 heteroatoms. The Morgan fingerprint density at radius 1 is 1.15 bits per heavy atom. The van der Waals surface area contributed by atoms with Crippen molar-refractivity contribution >= 4 is 21.4 Å². The smallest absolute Gasteiger partial charge is 0.262 e. The number of hydrogen-bond donors (Lipinski definition) is 2. The van der Waals surface area contributed by atoms with Crippen LogP contribution in [0.15, 0.2) is 41.3 Å². The summed E-state index contributed by atoms with van der Waals surface area (Å²) >= 11 is 0. The predicted molar refractivity (Wildman–Crippen MR) is 72.8 cm³/mol. The van der Waals surface area contributed by atoms with Gasteiger partial charge in [0.25, 0.3) is 10.0 Å². The fraction of sp³-hybridized carbons (Fsp3) is 0.0769. The summed E-state index contributed by atoms with van der Waals surface area (Å²) in [6, 6.07) is 7.47. The van der Waals surface area contributed by atoms with Crippen molar-refractivity contribution in [3.8, 4) is 0 Å². The van der Waals surface area contributed by atoms with Gasteiger partial charge in [-0.05, 0) is 42.8 Å². The first-order chi connectivity index (χ1) is 9.31. The van der Waals surface area contributed by atoms with Gasteiger partial charge in [-0.25, -0.2) is 17.2 Å². The molecule has 0 fully saturated rings. The lowest BCUT2D eigenvalue weighted by Gasteiger charge is -2.11. The number of halogens is 2. The molecule has 0 amide bonds. The van der Waals surface area contributed by atoms with Crippen LogP contribution in [0, 0.1) is 18.6 Å². The van der Waals surface area contributed by atoms with Crippen molar-refractivity contribution in [2.75, 3.05) is 10.5 Å². The van der Waals surface area contributed by atoms with Gasteiger partial charge in [-0.1, -0.05) is 6.07 Å². The highest BCUT2D eigenvalue weighted by molar-refractivity contribution is 7.92. The van der Waals surface area contributed by atoms with Gasteiger partial charge in [-0.15, -0.1) is 0 Å². The third kappa shape index (κ3) is 2.72. The number of sulfonamides is 1. The number of aryl methyl sites for hydroxylation is 1. The SMILES string of the molecule is Cc1cc(N)ccc1S(=O)(=O)Nc1cccc(F)c1F. The van der Waals surface area contributed by atoms with E-state index in [0.717, 1.165) is 12.1 Å². The first-order valence-electron chi connectivity index (χ1n) is 5.64. The summed E-state index contributed by atoms with van der Waals surface area (Å²) in [7, 11) is -4.01. The normalized spacial score (nSPS) is 11.3. The average molecular weight is 298 g/mol. The van der Waals surface area contributed by atoms with Crippen LogP contribution in [0.25, 0.3) is 0 Å². The zero-order chi connectivity index (χ0) is 14.9. The molecule has 0 aliphatic carbocycles. The minimum absolute atomic E-state index is 0.0460. The quantitative estimate of drug-likeness (QED) is 0.856. The zero-order valence-electron chi connectivity index (χ0n) is 10.5. The van der Waals surface area contributed by atoms with Gasteiger partial charge in [0.2, 0.25) is 0 Å². The van der Waals surface area contributed by atoms with Crippen molar-refractivity contribution in [1.29, 1.82) is 0 Å². The van der Waals surface area contributed by atoms with E-state index in [-0.39, 0.29) is 4.90 Å². The van der Waals surface area contributed by atoms with Crippen LogP contribution in [0.5, 0.6) is 0 Å². The van der Waals surface area contributed by atoms with Crippen molar-refractivity contribution in [3.05, 3.63) is 53.6 Å². The maximum atomic E-state index is 13.5. The topological polar surface area (TPSA) is 72.2 Å². The summed E-state index contributed by atoms with van der Waals surface area (Å²) in [5.74, 6) is -2.37. The van der Waals surface area contributed by atoms with E-state index < -0.39 is 27.3 Å². The second-order valence-electron chi connectivity index (χ2n) is 4.23. The van der Waals surface area contributed by atoms with Gasteiger partial charge in [-0.3, -0.25) is 4.72 Å². The van der Waals surface area contributed by atoms with Crippen molar-refractivity contribution in [3.63, 3.8) is 0 Å². The molecular formula is C13H12F2N2O2S. The van der Waals surface area contributed by atoms with Crippen LogP contribution in [0.1, 0.15) is 5.56 Å². The van der Waals surface area contributed by atoms with E-state index in [2.05, 4.69) is 0 Å². The van der Waals surface area contributed by atoms with Crippen molar-refractivity contribution in [1.82, 2.24) is 0 Å². The van der Waals surface area contributed by atoms with Crippen molar-refractivity contribution in [2.24, 2.45) is 0 Å². The molecule has 0 saturated heterocycles. The summed E-state index contributed by atoms with van der Waals surface area (Å²) in [6.07, 6.45) is 0. The van der Waals surface area contributed by atoms with E-state index in [1.54, 1.807) is 6.92 Å². The van der Waals surface area contributed by atoms with Crippen LogP contribution in [-0.2, 0) is 10.0 Å². The molecule has 2 aromatic carbocycles. The molecule has 2 aromatic rings. The number of benzene rings is 2. The van der Waals surface area contributed by atoms with E-state index in [0.29, 0.717) is 11.3 Å². The summed E-state index contributed by atoms with van der Waals surface area (Å²) in [5, 5.41) is 0. The van der Waals surface area contributed by atoms with Gasteiger partial charge >= 0.3 is 0 Å².